The van der Waals surface area contributed by atoms with Crippen LogP contribution in [0.4, 0.5) is 11.4 Å². The minimum Gasteiger partial charge on any atom is -0.452 e. The Morgan fingerprint density at radius 1 is 1.11 bits per heavy atom. The standard InChI is InChI=1S/C18H17N3O6/c1-11-8-13(6-7-15(11)21(25)26)18(24)27-10-16(22)20-14-5-3-4-12(9-14)17(23)19-2/h3-9H,10H2,1-2H3,(H,19,23)(H,20,22). The lowest BCUT2D eigenvalue weighted by Crippen LogP contribution is -2.22. The summed E-state index contributed by atoms with van der Waals surface area (Å²) in [7, 11) is 1.49. The molecule has 27 heavy (non-hydrogen) atoms. The van der Waals surface area contributed by atoms with Crippen molar-refractivity contribution in [3.63, 3.8) is 0 Å². The van der Waals surface area contributed by atoms with Gasteiger partial charge in [-0.1, -0.05) is 6.07 Å². The summed E-state index contributed by atoms with van der Waals surface area (Å²) < 4.78 is 4.92. The average molecular weight is 371 g/mol. The Hall–Kier alpha value is -3.75. The van der Waals surface area contributed by atoms with E-state index in [-0.39, 0.29) is 17.2 Å². The van der Waals surface area contributed by atoms with E-state index in [1.807, 2.05) is 0 Å². The first kappa shape index (κ1) is 19.6. The second-order valence-electron chi connectivity index (χ2n) is 5.54. The van der Waals surface area contributed by atoms with Crippen LogP contribution < -0.4 is 10.6 Å². The Balaban J connectivity index is 1.95. The molecule has 2 rings (SSSR count). The van der Waals surface area contributed by atoms with Gasteiger partial charge in [0.25, 0.3) is 17.5 Å². The zero-order valence-corrected chi connectivity index (χ0v) is 14.6. The summed E-state index contributed by atoms with van der Waals surface area (Å²) >= 11 is 0. The summed E-state index contributed by atoms with van der Waals surface area (Å²) in [5.41, 5.74) is 1.05. The van der Waals surface area contributed by atoms with Crippen LogP contribution in [0.3, 0.4) is 0 Å². The minimum atomic E-state index is -0.776. The summed E-state index contributed by atoms with van der Waals surface area (Å²) in [6.07, 6.45) is 0. The van der Waals surface area contributed by atoms with Crippen LogP contribution in [0.25, 0.3) is 0 Å². The van der Waals surface area contributed by atoms with Gasteiger partial charge in [0, 0.05) is 29.9 Å². The van der Waals surface area contributed by atoms with Crippen molar-refractivity contribution in [1.82, 2.24) is 5.32 Å². The first-order chi connectivity index (χ1) is 12.8. The van der Waals surface area contributed by atoms with E-state index in [9.17, 15) is 24.5 Å². The molecule has 0 spiro atoms. The fraction of sp³-hybridized carbons (Fsp3) is 0.167. The Morgan fingerprint density at radius 3 is 2.48 bits per heavy atom. The molecular formula is C18H17N3O6. The molecule has 2 aromatic carbocycles. The van der Waals surface area contributed by atoms with Crippen LogP contribution in [0, 0.1) is 17.0 Å². The molecule has 2 aromatic rings. The van der Waals surface area contributed by atoms with E-state index in [0.29, 0.717) is 16.8 Å². The van der Waals surface area contributed by atoms with Gasteiger partial charge in [-0.05, 0) is 37.3 Å². The van der Waals surface area contributed by atoms with Gasteiger partial charge in [-0.3, -0.25) is 19.7 Å². The Bertz CT molecular complexity index is 910. The number of hydrogen-bond donors (Lipinski definition) is 2. The normalized spacial score (nSPS) is 10.0. The SMILES string of the molecule is CNC(=O)c1cccc(NC(=O)COC(=O)c2ccc([N+](=O)[O-])c(C)c2)c1. The largest absolute Gasteiger partial charge is 0.452 e. The molecule has 0 atom stereocenters. The molecule has 140 valence electrons. The maximum Gasteiger partial charge on any atom is 0.338 e. The van der Waals surface area contributed by atoms with E-state index in [0.717, 1.165) is 0 Å². The third kappa shape index (κ3) is 5.11. The summed E-state index contributed by atoms with van der Waals surface area (Å²) in [4.78, 5) is 45.7. The molecule has 0 fully saturated rings. The van der Waals surface area contributed by atoms with Gasteiger partial charge < -0.3 is 15.4 Å². The van der Waals surface area contributed by atoms with Gasteiger partial charge in [-0.2, -0.15) is 0 Å². The van der Waals surface area contributed by atoms with E-state index in [1.54, 1.807) is 18.2 Å². The van der Waals surface area contributed by atoms with Crippen molar-refractivity contribution < 1.29 is 24.0 Å². The molecule has 0 aliphatic carbocycles. The predicted octanol–water partition coefficient (Wildman–Crippen LogP) is 2.06. The highest BCUT2D eigenvalue weighted by molar-refractivity contribution is 5.98. The van der Waals surface area contributed by atoms with Gasteiger partial charge in [0.15, 0.2) is 6.61 Å². The van der Waals surface area contributed by atoms with Gasteiger partial charge in [0.2, 0.25) is 0 Å². The number of benzene rings is 2. The van der Waals surface area contributed by atoms with Crippen LogP contribution in [0.15, 0.2) is 42.5 Å². The number of nitro groups is 1. The third-order valence-electron chi connectivity index (χ3n) is 3.60. The van der Waals surface area contributed by atoms with E-state index >= 15 is 0 Å². The minimum absolute atomic E-state index is 0.104. The lowest BCUT2D eigenvalue weighted by molar-refractivity contribution is -0.385. The average Bonchev–Trinajstić information content (AvgIpc) is 2.65. The quantitative estimate of drug-likeness (QED) is 0.454. The highest BCUT2D eigenvalue weighted by Crippen LogP contribution is 2.19. The second kappa shape index (κ2) is 8.56. The van der Waals surface area contributed by atoms with Crippen LogP contribution in [0.5, 0.6) is 0 Å². The summed E-state index contributed by atoms with van der Waals surface area (Å²) in [5, 5.41) is 15.8. The summed E-state index contributed by atoms with van der Waals surface area (Å²) in [5.74, 6) is -1.66. The van der Waals surface area contributed by atoms with Crippen molar-refractivity contribution in [1.29, 1.82) is 0 Å². The monoisotopic (exact) mass is 371 g/mol. The molecule has 0 aliphatic heterocycles. The molecule has 9 heteroatoms. The fourth-order valence-corrected chi connectivity index (χ4v) is 2.28. The maximum absolute atomic E-state index is 12.0. The first-order valence-corrected chi connectivity index (χ1v) is 7.86. The van der Waals surface area contributed by atoms with E-state index in [4.69, 9.17) is 4.74 Å². The number of nitrogens with zero attached hydrogens (tertiary/aromatic N) is 1. The van der Waals surface area contributed by atoms with Crippen LogP contribution in [-0.2, 0) is 9.53 Å². The van der Waals surface area contributed by atoms with Crippen LogP contribution in [-0.4, -0.2) is 36.4 Å². The summed E-state index contributed by atoms with van der Waals surface area (Å²) in [6, 6.07) is 10.1. The predicted molar refractivity (Wildman–Crippen MR) is 96.6 cm³/mol. The van der Waals surface area contributed by atoms with Gasteiger partial charge >= 0.3 is 5.97 Å². The molecule has 2 amide bonds. The van der Waals surface area contributed by atoms with E-state index in [1.165, 1.54) is 38.2 Å². The molecule has 2 N–H and O–H groups in total. The van der Waals surface area contributed by atoms with Crippen molar-refractivity contribution in [3.05, 3.63) is 69.3 Å². The number of amides is 2. The number of nitrogens with one attached hydrogen (secondary N) is 2. The second-order valence-corrected chi connectivity index (χ2v) is 5.54. The van der Waals surface area contributed by atoms with Crippen LogP contribution in [0.1, 0.15) is 26.3 Å². The molecule has 0 aliphatic rings. The highest BCUT2D eigenvalue weighted by atomic mass is 16.6. The topological polar surface area (TPSA) is 128 Å². The van der Waals surface area contributed by atoms with Crippen molar-refractivity contribution >= 4 is 29.2 Å². The molecule has 0 bridgehead atoms. The van der Waals surface area contributed by atoms with Crippen molar-refractivity contribution in [2.45, 2.75) is 6.92 Å². The number of ether oxygens (including phenoxy) is 1. The van der Waals surface area contributed by atoms with Gasteiger partial charge in [-0.25, -0.2) is 4.79 Å². The Labute approximate surface area is 154 Å². The van der Waals surface area contributed by atoms with Crippen molar-refractivity contribution in [3.8, 4) is 0 Å². The Morgan fingerprint density at radius 2 is 1.85 bits per heavy atom. The first-order valence-electron chi connectivity index (χ1n) is 7.86. The fourth-order valence-electron chi connectivity index (χ4n) is 2.28. The molecule has 0 heterocycles. The van der Waals surface area contributed by atoms with Crippen molar-refractivity contribution in [2.75, 3.05) is 19.0 Å². The Kier molecular flexibility index (Phi) is 6.21. The van der Waals surface area contributed by atoms with E-state index < -0.39 is 23.4 Å². The van der Waals surface area contributed by atoms with Gasteiger partial charge in [0.05, 0.1) is 10.5 Å². The maximum atomic E-state index is 12.0. The van der Waals surface area contributed by atoms with Crippen LogP contribution in [0.2, 0.25) is 0 Å². The smallest absolute Gasteiger partial charge is 0.338 e. The van der Waals surface area contributed by atoms with Gasteiger partial charge in [-0.15, -0.1) is 0 Å². The van der Waals surface area contributed by atoms with Gasteiger partial charge in [0.1, 0.15) is 0 Å². The molecule has 9 nitrogen and oxygen atoms in total. The van der Waals surface area contributed by atoms with Crippen molar-refractivity contribution in [2.24, 2.45) is 0 Å². The number of anilines is 1. The lowest BCUT2D eigenvalue weighted by atomic mass is 10.1. The lowest BCUT2D eigenvalue weighted by Gasteiger charge is -2.08. The number of nitro benzene ring substituents is 1. The number of esters is 1. The highest BCUT2D eigenvalue weighted by Gasteiger charge is 2.16. The molecular weight excluding hydrogens is 354 g/mol. The zero-order valence-electron chi connectivity index (χ0n) is 14.6. The number of hydrogen-bond acceptors (Lipinski definition) is 6. The molecule has 0 unspecified atom stereocenters. The van der Waals surface area contributed by atoms with Crippen LogP contribution >= 0.6 is 0 Å². The molecule has 0 saturated carbocycles. The molecule has 0 aromatic heterocycles. The number of rotatable bonds is 6. The molecule has 0 saturated heterocycles. The number of carbonyl (C=O) groups is 3. The number of aryl methyl sites for hydroxylation is 1. The number of carbonyl (C=O) groups excluding carboxylic acids is 3. The third-order valence-corrected chi connectivity index (χ3v) is 3.60. The molecule has 0 radical (unpaired) electrons. The van der Waals surface area contributed by atoms with E-state index in [2.05, 4.69) is 10.6 Å². The summed E-state index contributed by atoms with van der Waals surface area (Å²) in [6.45, 7) is 0.958. The zero-order chi connectivity index (χ0) is 20.0.